The first-order valence-electron chi connectivity index (χ1n) is 9.24. The van der Waals surface area contributed by atoms with Crippen molar-refractivity contribution < 1.29 is 8.42 Å². The number of aromatic nitrogens is 3. The number of likely N-dealkylation sites (N-methyl/N-ethyl adjacent to an activating group) is 1. The molecule has 2 rings (SSSR count). The average Bonchev–Trinajstić information content (AvgIpc) is 2.88. The van der Waals surface area contributed by atoms with E-state index >= 15 is 0 Å². The van der Waals surface area contributed by atoms with E-state index in [0.717, 1.165) is 36.9 Å². The lowest BCUT2D eigenvalue weighted by Gasteiger charge is -2.12. The van der Waals surface area contributed by atoms with E-state index in [1.54, 1.807) is 19.9 Å². The second-order valence-corrected chi connectivity index (χ2v) is 10.2. The molecule has 0 unspecified atom stereocenters. The number of rotatable bonds is 6. The van der Waals surface area contributed by atoms with E-state index < -0.39 is 15.1 Å². The molecule has 6 nitrogen and oxygen atoms in total. The quantitative estimate of drug-likeness (QED) is 0.766. The molecule has 0 spiro atoms. The first-order chi connectivity index (χ1) is 12.0. The fourth-order valence-corrected chi connectivity index (χ4v) is 3.29. The molecule has 0 aliphatic carbocycles. The highest BCUT2D eigenvalue weighted by atomic mass is 32.2. The lowest BCUT2D eigenvalue weighted by Crippen LogP contribution is -2.19. The molecule has 0 bridgehead atoms. The number of sulfone groups is 1. The highest BCUT2D eigenvalue weighted by Crippen LogP contribution is 2.21. The molecule has 2 aromatic heterocycles. The van der Waals surface area contributed by atoms with Gasteiger partial charge in [-0.25, -0.2) is 18.4 Å². The van der Waals surface area contributed by atoms with Crippen LogP contribution in [-0.2, 0) is 22.8 Å². The van der Waals surface area contributed by atoms with Crippen molar-refractivity contribution in [2.45, 2.75) is 64.7 Å². The Balaban J connectivity index is 0.000000765. The summed E-state index contributed by atoms with van der Waals surface area (Å²) in [5.74, 6) is 1.77. The van der Waals surface area contributed by atoms with Gasteiger partial charge in [-0.1, -0.05) is 27.7 Å². The van der Waals surface area contributed by atoms with Gasteiger partial charge in [-0.3, -0.25) is 0 Å². The molecule has 0 amide bonds. The minimum absolute atomic E-state index is 0.245. The largest absolute Gasteiger partial charge is 0.311 e. The minimum atomic E-state index is -3.32. The molecule has 7 heteroatoms. The van der Waals surface area contributed by atoms with Gasteiger partial charge in [0.1, 0.15) is 11.3 Å². The van der Waals surface area contributed by atoms with Gasteiger partial charge in [0, 0.05) is 25.7 Å². The van der Waals surface area contributed by atoms with E-state index in [-0.39, 0.29) is 4.90 Å². The predicted octanol–water partition coefficient (Wildman–Crippen LogP) is 3.40. The van der Waals surface area contributed by atoms with Gasteiger partial charge in [-0.15, -0.1) is 0 Å². The smallest absolute Gasteiger partial charge is 0.182 e. The Hall–Kier alpha value is -1.47. The van der Waals surface area contributed by atoms with Crippen LogP contribution in [-0.4, -0.2) is 53.7 Å². The van der Waals surface area contributed by atoms with Gasteiger partial charge >= 0.3 is 0 Å². The van der Waals surface area contributed by atoms with Crippen molar-refractivity contribution in [3.8, 4) is 0 Å². The second kappa shape index (κ2) is 9.46. The Bertz CT molecular complexity index is 806. The lowest BCUT2D eigenvalue weighted by molar-refractivity contribution is 0.383. The normalized spacial score (nSPS) is 12.1. The monoisotopic (exact) mass is 382 g/mol. The van der Waals surface area contributed by atoms with E-state index in [2.05, 4.69) is 40.2 Å². The van der Waals surface area contributed by atoms with E-state index in [1.165, 1.54) is 6.20 Å². The molecule has 0 saturated heterocycles. The summed E-state index contributed by atoms with van der Waals surface area (Å²) >= 11 is 0. The van der Waals surface area contributed by atoms with Crippen molar-refractivity contribution in [2.75, 3.05) is 20.6 Å². The van der Waals surface area contributed by atoms with Crippen LogP contribution in [0.3, 0.4) is 0 Å². The summed E-state index contributed by atoms with van der Waals surface area (Å²) < 4.78 is 26.6. The van der Waals surface area contributed by atoms with Gasteiger partial charge in [0.05, 0.1) is 10.1 Å². The van der Waals surface area contributed by atoms with E-state index in [4.69, 9.17) is 0 Å². The number of fused-ring (bicyclic) bond motifs is 1. The predicted molar refractivity (Wildman–Crippen MR) is 108 cm³/mol. The summed E-state index contributed by atoms with van der Waals surface area (Å²) in [6, 6.07) is 1.64. The van der Waals surface area contributed by atoms with Gasteiger partial charge in [-0.2, -0.15) is 0 Å². The SMILES string of the molecule is CC(C)C.CCc1nc2cc(S(=O)(=O)C(C)C)cnc2n1CCN(C)C. The Kier molecular flexibility index (Phi) is 8.21. The summed E-state index contributed by atoms with van der Waals surface area (Å²) in [6.07, 6.45) is 2.24. The van der Waals surface area contributed by atoms with Crippen molar-refractivity contribution in [3.63, 3.8) is 0 Å². The molecule has 148 valence electrons. The number of hydrogen-bond donors (Lipinski definition) is 0. The van der Waals surface area contributed by atoms with Gasteiger partial charge in [0.25, 0.3) is 0 Å². The van der Waals surface area contributed by atoms with Crippen molar-refractivity contribution in [2.24, 2.45) is 5.92 Å². The Morgan fingerprint density at radius 3 is 2.19 bits per heavy atom. The fourth-order valence-electron chi connectivity index (χ4n) is 2.27. The molecule has 0 atom stereocenters. The maximum atomic E-state index is 12.3. The molecule has 2 aromatic rings. The van der Waals surface area contributed by atoms with Crippen molar-refractivity contribution in [1.29, 1.82) is 0 Å². The summed E-state index contributed by atoms with van der Waals surface area (Å²) in [5, 5.41) is -0.465. The van der Waals surface area contributed by atoms with Crippen LogP contribution in [0.4, 0.5) is 0 Å². The Morgan fingerprint density at radius 1 is 1.15 bits per heavy atom. The molecule has 0 N–H and O–H groups in total. The van der Waals surface area contributed by atoms with Crippen LogP contribution in [0.5, 0.6) is 0 Å². The number of aryl methyl sites for hydroxylation is 1. The van der Waals surface area contributed by atoms with Crippen molar-refractivity contribution >= 4 is 21.0 Å². The standard InChI is InChI=1S/C15H24N4O2S.C4H10/c1-6-14-17-13-9-12(22(20,21)11(2)3)10-16-15(13)19(14)8-7-18(4)5;1-4(2)3/h9-11H,6-8H2,1-5H3;4H,1-3H3. The molecule has 26 heavy (non-hydrogen) atoms. The van der Waals surface area contributed by atoms with Gasteiger partial charge in [0.15, 0.2) is 15.5 Å². The maximum Gasteiger partial charge on any atom is 0.182 e. The van der Waals surface area contributed by atoms with E-state index in [9.17, 15) is 8.42 Å². The van der Waals surface area contributed by atoms with Crippen LogP contribution in [0.15, 0.2) is 17.2 Å². The summed E-state index contributed by atoms with van der Waals surface area (Å²) in [4.78, 5) is 11.3. The molecule has 0 aromatic carbocycles. The zero-order chi connectivity index (χ0) is 20.1. The summed E-state index contributed by atoms with van der Waals surface area (Å²) in [6.45, 7) is 13.6. The van der Waals surface area contributed by atoms with Crippen LogP contribution >= 0.6 is 0 Å². The minimum Gasteiger partial charge on any atom is -0.311 e. The van der Waals surface area contributed by atoms with Gasteiger partial charge in [0.2, 0.25) is 0 Å². The van der Waals surface area contributed by atoms with Crippen LogP contribution in [0, 0.1) is 5.92 Å². The molecular formula is C19H34N4O2S. The Morgan fingerprint density at radius 2 is 1.73 bits per heavy atom. The van der Waals surface area contributed by atoms with E-state index in [0.29, 0.717) is 5.52 Å². The number of hydrogen-bond acceptors (Lipinski definition) is 5. The topological polar surface area (TPSA) is 68.1 Å². The third-order valence-corrected chi connectivity index (χ3v) is 5.80. The number of nitrogens with zero attached hydrogens (tertiary/aromatic N) is 4. The molecule has 0 radical (unpaired) electrons. The van der Waals surface area contributed by atoms with Crippen LogP contribution in [0.1, 0.15) is 47.4 Å². The van der Waals surface area contributed by atoms with Crippen LogP contribution in [0.2, 0.25) is 0 Å². The lowest BCUT2D eigenvalue weighted by atomic mass is 10.3. The van der Waals surface area contributed by atoms with Crippen LogP contribution < -0.4 is 0 Å². The third kappa shape index (κ3) is 5.77. The molecule has 0 aliphatic heterocycles. The summed E-state index contributed by atoms with van der Waals surface area (Å²) in [7, 11) is 0.714. The molecule has 2 heterocycles. The second-order valence-electron chi connectivity index (χ2n) is 7.68. The summed E-state index contributed by atoms with van der Waals surface area (Å²) in [5.41, 5.74) is 1.40. The maximum absolute atomic E-state index is 12.3. The molecule has 0 aliphatic rings. The number of pyridine rings is 1. The van der Waals surface area contributed by atoms with Gasteiger partial charge in [-0.05, 0) is 39.9 Å². The van der Waals surface area contributed by atoms with Crippen molar-refractivity contribution in [1.82, 2.24) is 19.4 Å². The molecular weight excluding hydrogens is 348 g/mol. The van der Waals surface area contributed by atoms with Crippen LogP contribution in [0.25, 0.3) is 11.2 Å². The Labute approximate surface area is 158 Å². The zero-order valence-electron chi connectivity index (χ0n) is 17.4. The highest BCUT2D eigenvalue weighted by Gasteiger charge is 2.21. The van der Waals surface area contributed by atoms with E-state index in [1.807, 2.05) is 21.0 Å². The van der Waals surface area contributed by atoms with Gasteiger partial charge < -0.3 is 9.47 Å². The highest BCUT2D eigenvalue weighted by molar-refractivity contribution is 7.92. The first-order valence-corrected chi connectivity index (χ1v) is 10.8. The average molecular weight is 383 g/mol. The first kappa shape index (κ1) is 22.6. The molecule has 0 saturated carbocycles. The third-order valence-electron chi connectivity index (χ3n) is 3.68. The number of imidazole rings is 1. The fraction of sp³-hybridized carbons (Fsp3) is 0.684. The molecule has 0 fully saturated rings. The zero-order valence-corrected chi connectivity index (χ0v) is 18.3. The van der Waals surface area contributed by atoms with Crippen molar-refractivity contribution in [3.05, 3.63) is 18.1 Å².